The summed E-state index contributed by atoms with van der Waals surface area (Å²) in [4.78, 5) is 19.6. The van der Waals surface area contributed by atoms with Crippen LogP contribution < -0.4 is 5.32 Å². The summed E-state index contributed by atoms with van der Waals surface area (Å²) in [7, 11) is 0. The molecule has 1 aliphatic rings. The van der Waals surface area contributed by atoms with E-state index in [-0.39, 0.29) is 18.7 Å². The number of carbonyl (C=O) groups is 1. The van der Waals surface area contributed by atoms with Crippen molar-refractivity contribution in [2.75, 3.05) is 11.9 Å². The third-order valence-electron chi connectivity index (χ3n) is 7.08. The number of likely N-dealkylation sites (tertiary alicyclic amines) is 1. The van der Waals surface area contributed by atoms with Gasteiger partial charge in [0.2, 0.25) is 0 Å². The lowest BCUT2D eigenvalue weighted by Gasteiger charge is -2.40. The second kappa shape index (κ2) is 10.8. The van der Waals surface area contributed by atoms with Gasteiger partial charge in [-0.25, -0.2) is 4.98 Å². The number of piperidine rings is 1. The Morgan fingerprint density at radius 3 is 2.17 bits per heavy atom. The van der Waals surface area contributed by atoms with E-state index in [4.69, 9.17) is 0 Å². The molecule has 10 heteroatoms. The standard InChI is InChI=1S/C30H25F6N3O/c31-29(32,33)22-15-21(16-23(17-22)30(34,35)36)28(40)39-13-12-24(18-25(39)14-19-6-2-1-3-7-19)37-27-11-10-20-8-4-5-9-26(20)38-27/h1-11,15-17,24-25H,12-14,18H2,(H,37,38). The van der Waals surface area contributed by atoms with Crippen molar-refractivity contribution in [3.8, 4) is 0 Å². The van der Waals surface area contributed by atoms with Crippen molar-refractivity contribution in [3.05, 3.63) is 107 Å². The minimum Gasteiger partial charge on any atom is -0.367 e. The lowest BCUT2D eigenvalue weighted by molar-refractivity contribution is -0.143. The van der Waals surface area contributed by atoms with Crippen LogP contribution in [0.2, 0.25) is 0 Å². The molecule has 2 heterocycles. The first-order valence-corrected chi connectivity index (χ1v) is 12.7. The van der Waals surface area contributed by atoms with Crippen molar-refractivity contribution in [3.63, 3.8) is 0 Å². The maximum atomic E-state index is 13.5. The normalized spacial score (nSPS) is 18.1. The minimum absolute atomic E-state index is 0.0327. The molecule has 0 spiro atoms. The van der Waals surface area contributed by atoms with Crippen LogP contribution in [0.25, 0.3) is 10.9 Å². The topological polar surface area (TPSA) is 45.2 Å². The van der Waals surface area contributed by atoms with Crippen LogP contribution in [-0.4, -0.2) is 34.4 Å². The van der Waals surface area contributed by atoms with Gasteiger partial charge in [-0.05, 0) is 61.2 Å². The number of hydrogen-bond donors (Lipinski definition) is 1. The molecule has 3 aromatic carbocycles. The number of fused-ring (bicyclic) bond motifs is 1. The zero-order chi connectivity index (χ0) is 28.5. The molecule has 0 radical (unpaired) electrons. The highest BCUT2D eigenvalue weighted by Gasteiger charge is 2.39. The Bertz CT molecular complexity index is 1470. The van der Waals surface area contributed by atoms with E-state index in [0.717, 1.165) is 16.5 Å². The molecule has 4 aromatic rings. The number of nitrogens with one attached hydrogen (secondary N) is 1. The number of benzene rings is 3. The zero-order valence-corrected chi connectivity index (χ0v) is 21.1. The second-order valence-electron chi connectivity index (χ2n) is 9.89. The molecule has 4 nitrogen and oxygen atoms in total. The van der Waals surface area contributed by atoms with Gasteiger partial charge < -0.3 is 10.2 Å². The fraction of sp³-hybridized carbons (Fsp3) is 0.267. The Morgan fingerprint density at radius 1 is 0.850 bits per heavy atom. The van der Waals surface area contributed by atoms with Crippen molar-refractivity contribution in [2.45, 2.75) is 43.7 Å². The number of hydrogen-bond acceptors (Lipinski definition) is 3. The highest BCUT2D eigenvalue weighted by Crippen LogP contribution is 2.37. The van der Waals surface area contributed by atoms with E-state index in [1.54, 1.807) is 0 Å². The van der Waals surface area contributed by atoms with Gasteiger partial charge in [0, 0.05) is 29.6 Å². The number of halogens is 6. The summed E-state index contributed by atoms with van der Waals surface area (Å²) in [6, 6.07) is 21.1. The number of pyridine rings is 1. The second-order valence-corrected chi connectivity index (χ2v) is 9.89. The molecule has 1 fully saturated rings. The van der Waals surface area contributed by atoms with Crippen LogP contribution in [0.3, 0.4) is 0 Å². The Hall–Kier alpha value is -4.08. The third-order valence-corrected chi connectivity index (χ3v) is 7.08. The average molecular weight is 558 g/mol. The van der Waals surface area contributed by atoms with Crippen LogP contribution in [0.15, 0.2) is 84.9 Å². The lowest BCUT2D eigenvalue weighted by atomic mass is 9.91. The van der Waals surface area contributed by atoms with Crippen molar-refractivity contribution in [1.29, 1.82) is 0 Å². The van der Waals surface area contributed by atoms with Gasteiger partial charge in [0.25, 0.3) is 5.91 Å². The van der Waals surface area contributed by atoms with Gasteiger partial charge in [-0.15, -0.1) is 0 Å². The summed E-state index contributed by atoms with van der Waals surface area (Å²) < 4.78 is 80.7. The number of rotatable bonds is 5. The molecule has 1 aliphatic heterocycles. The van der Waals surface area contributed by atoms with Gasteiger partial charge in [0.05, 0.1) is 16.6 Å². The molecular formula is C30H25F6N3O. The largest absolute Gasteiger partial charge is 0.416 e. The molecule has 2 unspecified atom stereocenters. The first-order chi connectivity index (χ1) is 19.0. The molecule has 40 heavy (non-hydrogen) atoms. The van der Waals surface area contributed by atoms with E-state index in [1.165, 1.54) is 4.90 Å². The fourth-order valence-corrected chi connectivity index (χ4v) is 5.13. The van der Waals surface area contributed by atoms with Crippen LogP contribution in [0, 0.1) is 0 Å². The van der Waals surface area contributed by atoms with E-state index >= 15 is 0 Å². The molecule has 2 atom stereocenters. The van der Waals surface area contributed by atoms with E-state index in [0.29, 0.717) is 37.2 Å². The SMILES string of the molecule is O=C(c1cc(C(F)(F)F)cc(C(F)(F)F)c1)N1CCC(Nc2ccc3ccccc3n2)CC1Cc1ccccc1. The molecule has 1 amide bonds. The Morgan fingerprint density at radius 2 is 1.50 bits per heavy atom. The molecule has 1 aromatic heterocycles. The Balaban J connectivity index is 1.43. The van der Waals surface area contributed by atoms with Gasteiger partial charge in [-0.1, -0.05) is 48.5 Å². The Kier molecular flexibility index (Phi) is 7.44. The zero-order valence-electron chi connectivity index (χ0n) is 21.1. The predicted octanol–water partition coefficient (Wildman–Crippen LogP) is 7.60. The summed E-state index contributed by atoms with van der Waals surface area (Å²) in [5, 5.41) is 4.38. The first-order valence-electron chi connectivity index (χ1n) is 12.7. The van der Waals surface area contributed by atoms with E-state index in [9.17, 15) is 31.1 Å². The van der Waals surface area contributed by atoms with Gasteiger partial charge >= 0.3 is 12.4 Å². The Labute approximate surface area is 226 Å². The lowest BCUT2D eigenvalue weighted by Crippen LogP contribution is -2.50. The average Bonchev–Trinajstić information content (AvgIpc) is 2.92. The summed E-state index contributed by atoms with van der Waals surface area (Å²) in [5.41, 5.74) is -1.95. The molecule has 0 saturated carbocycles. The van der Waals surface area contributed by atoms with Crippen molar-refractivity contribution in [1.82, 2.24) is 9.88 Å². The molecule has 5 rings (SSSR count). The summed E-state index contributed by atoms with van der Waals surface area (Å²) in [5.74, 6) is -0.213. The quantitative estimate of drug-likeness (QED) is 0.257. The maximum absolute atomic E-state index is 13.5. The summed E-state index contributed by atoms with van der Waals surface area (Å²) in [6.45, 7) is 0.152. The van der Waals surface area contributed by atoms with Gasteiger partial charge in [-0.3, -0.25) is 4.79 Å². The molecule has 0 bridgehead atoms. The highest BCUT2D eigenvalue weighted by atomic mass is 19.4. The summed E-state index contributed by atoms with van der Waals surface area (Å²) >= 11 is 0. The molecule has 1 saturated heterocycles. The van der Waals surface area contributed by atoms with Gasteiger partial charge in [-0.2, -0.15) is 26.3 Å². The van der Waals surface area contributed by atoms with Crippen molar-refractivity contribution in [2.24, 2.45) is 0 Å². The fourth-order valence-electron chi connectivity index (χ4n) is 5.13. The van der Waals surface area contributed by atoms with Crippen LogP contribution in [0.5, 0.6) is 0 Å². The summed E-state index contributed by atoms with van der Waals surface area (Å²) in [6.07, 6.45) is -8.81. The monoisotopic (exact) mass is 557 g/mol. The van der Waals surface area contributed by atoms with E-state index < -0.39 is 41.0 Å². The van der Waals surface area contributed by atoms with E-state index in [1.807, 2.05) is 66.7 Å². The smallest absolute Gasteiger partial charge is 0.367 e. The molecule has 1 N–H and O–H groups in total. The van der Waals surface area contributed by atoms with Crippen LogP contribution in [-0.2, 0) is 18.8 Å². The number of para-hydroxylation sites is 1. The number of nitrogens with zero attached hydrogens (tertiary/aromatic N) is 2. The minimum atomic E-state index is -5.04. The number of carbonyl (C=O) groups excluding carboxylic acids is 1. The number of aromatic nitrogens is 1. The van der Waals surface area contributed by atoms with Gasteiger partial charge in [0.15, 0.2) is 0 Å². The van der Waals surface area contributed by atoms with Crippen LogP contribution in [0.1, 0.15) is 39.9 Å². The molecular weight excluding hydrogens is 532 g/mol. The maximum Gasteiger partial charge on any atom is 0.416 e. The number of alkyl halides is 6. The first kappa shape index (κ1) is 27.5. The van der Waals surface area contributed by atoms with Gasteiger partial charge in [0.1, 0.15) is 5.82 Å². The predicted molar refractivity (Wildman–Crippen MR) is 140 cm³/mol. The number of anilines is 1. The van der Waals surface area contributed by atoms with Crippen LogP contribution >= 0.6 is 0 Å². The molecule has 208 valence electrons. The van der Waals surface area contributed by atoms with E-state index in [2.05, 4.69) is 10.3 Å². The highest BCUT2D eigenvalue weighted by molar-refractivity contribution is 5.95. The van der Waals surface area contributed by atoms with Crippen molar-refractivity contribution >= 4 is 22.6 Å². The molecule has 0 aliphatic carbocycles. The third kappa shape index (κ3) is 6.21. The number of amides is 1. The van der Waals surface area contributed by atoms with Crippen LogP contribution in [0.4, 0.5) is 32.2 Å². The van der Waals surface area contributed by atoms with Crippen molar-refractivity contribution < 1.29 is 31.1 Å².